The first-order valence-corrected chi connectivity index (χ1v) is 14.0. The predicted octanol–water partition coefficient (Wildman–Crippen LogP) is 6.15. The van der Waals surface area contributed by atoms with E-state index in [1.165, 1.54) is 24.3 Å². The van der Waals surface area contributed by atoms with Crippen LogP contribution in [0, 0.1) is 0 Å². The average molecular weight is 595 g/mol. The van der Waals surface area contributed by atoms with Crippen molar-refractivity contribution in [3.63, 3.8) is 0 Å². The maximum atomic E-state index is 13.5. The maximum absolute atomic E-state index is 13.5. The molecular weight excluding hydrogens is 560 g/mol. The summed E-state index contributed by atoms with van der Waals surface area (Å²) in [6.45, 7) is 6.84. The van der Waals surface area contributed by atoms with Gasteiger partial charge in [0.2, 0.25) is 0 Å². The molecule has 0 fully saturated rings. The van der Waals surface area contributed by atoms with Crippen LogP contribution in [0.3, 0.4) is 0 Å². The third kappa shape index (κ3) is 7.80. The van der Waals surface area contributed by atoms with Gasteiger partial charge in [0.25, 0.3) is 11.8 Å². The number of hydrogen-bond acceptors (Lipinski definition) is 8. The van der Waals surface area contributed by atoms with Crippen molar-refractivity contribution in [2.24, 2.45) is 0 Å². The summed E-state index contributed by atoms with van der Waals surface area (Å²) in [5, 5.41) is 5.54. The second-order valence-electron chi connectivity index (χ2n) is 10.6. The van der Waals surface area contributed by atoms with Crippen LogP contribution in [0.5, 0.6) is 0 Å². The fourth-order valence-electron chi connectivity index (χ4n) is 4.36. The monoisotopic (exact) mass is 594 g/mol. The molecule has 0 aliphatic rings. The smallest absolute Gasteiger partial charge is 0.339 e. The van der Waals surface area contributed by atoms with Crippen molar-refractivity contribution in [1.82, 2.24) is 0 Å². The second kappa shape index (κ2) is 13.6. The molecule has 4 aromatic rings. The highest BCUT2D eigenvalue weighted by molar-refractivity contribution is 6.13. The van der Waals surface area contributed by atoms with E-state index in [4.69, 9.17) is 20.9 Å². The Bertz CT molecular complexity index is 1600. The van der Waals surface area contributed by atoms with Gasteiger partial charge < -0.3 is 31.6 Å². The molecule has 4 aromatic carbocycles. The van der Waals surface area contributed by atoms with E-state index in [2.05, 4.69) is 10.6 Å². The summed E-state index contributed by atoms with van der Waals surface area (Å²) in [7, 11) is 0. The molecule has 6 N–H and O–H groups in total. The molecule has 0 saturated carbocycles. The molecule has 10 heteroatoms. The lowest BCUT2D eigenvalue weighted by Gasteiger charge is -2.16. The van der Waals surface area contributed by atoms with Gasteiger partial charge >= 0.3 is 11.9 Å². The number of benzene rings is 4. The zero-order chi connectivity index (χ0) is 32.0. The normalized spacial score (nSPS) is 10.8. The van der Waals surface area contributed by atoms with Gasteiger partial charge in [-0.2, -0.15) is 0 Å². The molecular formula is C34H34N4O6. The molecule has 0 bridgehead atoms. The van der Waals surface area contributed by atoms with Gasteiger partial charge in [-0.15, -0.1) is 0 Å². The van der Waals surface area contributed by atoms with Crippen molar-refractivity contribution in [2.75, 3.05) is 22.1 Å². The summed E-state index contributed by atoms with van der Waals surface area (Å²) >= 11 is 0. The van der Waals surface area contributed by atoms with Crippen LogP contribution < -0.4 is 22.1 Å². The maximum Gasteiger partial charge on any atom is 0.339 e. The van der Waals surface area contributed by atoms with Gasteiger partial charge in [0, 0.05) is 22.7 Å². The Hall–Kier alpha value is -5.64. The van der Waals surface area contributed by atoms with E-state index in [0.717, 1.165) is 0 Å². The highest BCUT2D eigenvalue weighted by Crippen LogP contribution is 2.28. The highest BCUT2D eigenvalue weighted by Gasteiger charge is 2.23. The summed E-state index contributed by atoms with van der Waals surface area (Å²) in [5.74, 6) is -2.47. The molecule has 0 aliphatic carbocycles. The molecule has 0 spiro atoms. The Balaban J connectivity index is 1.79. The number of carbonyl (C=O) groups excluding carboxylic acids is 4. The standard InChI is InChI=1S/C34H34N4O6/c1-19(2)43-33(41)27-13-11-21(15-29(27)31(39)37-25-9-5-7-23(35)17-25)22-12-14-28(34(42)44-20(3)4)30(16-22)32(40)38-26-10-6-8-24(36)18-26/h5-20H,35-36H2,1-4H3,(H,37,39)(H,38,40). The molecule has 0 heterocycles. The van der Waals surface area contributed by atoms with Gasteiger partial charge in [0.05, 0.1) is 34.5 Å². The van der Waals surface area contributed by atoms with Crippen molar-refractivity contribution < 1.29 is 28.7 Å². The van der Waals surface area contributed by atoms with Crippen molar-refractivity contribution in [2.45, 2.75) is 39.9 Å². The number of nitrogens with one attached hydrogen (secondary N) is 2. The van der Waals surface area contributed by atoms with Gasteiger partial charge in [-0.3, -0.25) is 9.59 Å². The van der Waals surface area contributed by atoms with E-state index in [-0.39, 0.29) is 22.3 Å². The molecule has 10 nitrogen and oxygen atoms in total. The zero-order valence-corrected chi connectivity index (χ0v) is 24.8. The number of amides is 2. The van der Waals surface area contributed by atoms with Crippen LogP contribution in [-0.4, -0.2) is 36.0 Å². The van der Waals surface area contributed by atoms with E-state index in [1.807, 2.05) is 0 Å². The minimum atomic E-state index is -0.668. The van der Waals surface area contributed by atoms with Crippen LogP contribution in [0.15, 0.2) is 84.9 Å². The van der Waals surface area contributed by atoms with E-state index in [9.17, 15) is 19.2 Å². The van der Waals surface area contributed by atoms with Gasteiger partial charge in [0.15, 0.2) is 0 Å². The molecule has 0 atom stereocenters. The van der Waals surface area contributed by atoms with E-state index in [1.54, 1.807) is 88.4 Å². The Morgan fingerprint density at radius 3 is 1.27 bits per heavy atom. The third-order valence-electron chi connectivity index (χ3n) is 6.28. The van der Waals surface area contributed by atoms with Gasteiger partial charge in [-0.1, -0.05) is 24.3 Å². The van der Waals surface area contributed by atoms with Crippen molar-refractivity contribution >= 4 is 46.5 Å². The Kier molecular flexibility index (Phi) is 9.64. The van der Waals surface area contributed by atoms with Crippen LogP contribution in [0.4, 0.5) is 22.7 Å². The Labute approximate surface area is 255 Å². The van der Waals surface area contributed by atoms with Gasteiger partial charge in [-0.05, 0) is 99.5 Å². The van der Waals surface area contributed by atoms with Gasteiger partial charge in [-0.25, -0.2) is 9.59 Å². The summed E-state index contributed by atoms with van der Waals surface area (Å²) in [4.78, 5) is 52.8. The number of hydrogen-bond donors (Lipinski definition) is 4. The van der Waals surface area contributed by atoms with Crippen molar-refractivity contribution in [3.05, 3.63) is 107 Å². The molecule has 0 aromatic heterocycles. The number of ether oxygens (including phenoxy) is 2. The molecule has 0 radical (unpaired) electrons. The van der Waals surface area contributed by atoms with Crippen LogP contribution in [0.25, 0.3) is 11.1 Å². The van der Waals surface area contributed by atoms with Crippen LogP contribution >= 0.6 is 0 Å². The first-order valence-electron chi connectivity index (χ1n) is 14.0. The predicted molar refractivity (Wildman–Crippen MR) is 171 cm³/mol. The lowest BCUT2D eigenvalue weighted by atomic mass is 9.95. The number of nitrogens with two attached hydrogens (primary N) is 2. The Morgan fingerprint density at radius 1 is 0.545 bits per heavy atom. The average Bonchev–Trinajstić information content (AvgIpc) is 2.96. The number of esters is 2. The SMILES string of the molecule is CC(C)OC(=O)c1ccc(-c2ccc(C(=O)OC(C)C)c(C(=O)Nc3cccc(N)c3)c2)cc1C(=O)Nc1cccc(N)c1. The van der Waals surface area contributed by atoms with Crippen LogP contribution in [0.2, 0.25) is 0 Å². The molecule has 0 unspecified atom stereocenters. The quantitative estimate of drug-likeness (QED) is 0.132. The van der Waals surface area contributed by atoms with Crippen molar-refractivity contribution in [1.29, 1.82) is 0 Å². The largest absolute Gasteiger partial charge is 0.459 e. The second-order valence-corrected chi connectivity index (χ2v) is 10.6. The van der Waals surface area contributed by atoms with E-state index >= 15 is 0 Å². The van der Waals surface area contributed by atoms with Crippen molar-refractivity contribution in [3.8, 4) is 11.1 Å². The molecule has 4 rings (SSSR count). The summed E-state index contributed by atoms with van der Waals surface area (Å²) in [6.07, 6.45) is -0.822. The first-order chi connectivity index (χ1) is 20.9. The summed E-state index contributed by atoms with van der Waals surface area (Å²) in [6, 6.07) is 22.6. The van der Waals surface area contributed by atoms with Crippen LogP contribution in [-0.2, 0) is 9.47 Å². The topological polar surface area (TPSA) is 163 Å². The molecule has 44 heavy (non-hydrogen) atoms. The minimum Gasteiger partial charge on any atom is -0.459 e. The van der Waals surface area contributed by atoms with E-state index in [0.29, 0.717) is 33.9 Å². The molecule has 0 saturated heterocycles. The lowest BCUT2D eigenvalue weighted by molar-refractivity contribution is 0.0365. The molecule has 2 amide bonds. The summed E-state index contributed by atoms with van der Waals surface area (Å²) < 4.78 is 10.8. The fourth-order valence-corrected chi connectivity index (χ4v) is 4.36. The number of carbonyl (C=O) groups is 4. The first kappa shape index (κ1) is 31.3. The number of nitrogen functional groups attached to an aromatic ring is 2. The lowest BCUT2D eigenvalue weighted by Crippen LogP contribution is -2.20. The number of anilines is 4. The highest BCUT2D eigenvalue weighted by atomic mass is 16.5. The number of rotatable bonds is 9. The van der Waals surface area contributed by atoms with Gasteiger partial charge in [0.1, 0.15) is 0 Å². The minimum absolute atomic E-state index is 0.0460. The zero-order valence-electron chi connectivity index (χ0n) is 24.8. The summed E-state index contributed by atoms with van der Waals surface area (Å²) in [5.41, 5.74) is 14.7. The third-order valence-corrected chi connectivity index (χ3v) is 6.28. The van der Waals surface area contributed by atoms with Crippen LogP contribution in [0.1, 0.15) is 69.1 Å². The molecule has 226 valence electrons. The fraction of sp³-hybridized carbons (Fsp3) is 0.176. The Morgan fingerprint density at radius 2 is 0.932 bits per heavy atom. The molecule has 0 aliphatic heterocycles. The van der Waals surface area contributed by atoms with E-state index < -0.39 is 36.0 Å².